The first-order chi connectivity index (χ1) is 13.7. The quantitative estimate of drug-likeness (QED) is 0.861. The second-order valence-electron chi connectivity index (χ2n) is 6.82. The molecule has 150 valence electrons. The van der Waals surface area contributed by atoms with Gasteiger partial charge in [-0.3, -0.25) is 9.69 Å². The molecule has 0 atom stereocenters. The van der Waals surface area contributed by atoms with Gasteiger partial charge in [-0.05, 0) is 49.2 Å². The van der Waals surface area contributed by atoms with E-state index in [-0.39, 0.29) is 11.7 Å². The van der Waals surface area contributed by atoms with Crippen LogP contribution in [0.2, 0.25) is 0 Å². The number of carbonyl (C=O) groups is 1. The molecule has 1 amide bonds. The van der Waals surface area contributed by atoms with E-state index in [1.807, 2.05) is 30.3 Å². The van der Waals surface area contributed by atoms with Crippen LogP contribution < -0.4 is 10.1 Å². The molecular weight excluding hydrogens is 359 g/mol. The molecule has 0 unspecified atom stereocenters. The monoisotopic (exact) mass is 386 g/mol. The summed E-state index contributed by atoms with van der Waals surface area (Å²) in [5, 5.41) is 2.87. The van der Waals surface area contributed by atoms with Crippen LogP contribution in [0.1, 0.15) is 28.8 Å². The Balaban J connectivity index is 1.67. The van der Waals surface area contributed by atoms with Crippen molar-refractivity contribution < 1.29 is 18.7 Å². The van der Waals surface area contributed by atoms with E-state index in [1.165, 1.54) is 12.1 Å². The number of para-hydroxylation sites is 1. The minimum absolute atomic E-state index is 0.155. The van der Waals surface area contributed by atoms with Crippen molar-refractivity contribution in [2.24, 2.45) is 0 Å². The van der Waals surface area contributed by atoms with Gasteiger partial charge in [0.2, 0.25) is 0 Å². The molecule has 2 aromatic carbocycles. The molecule has 0 aliphatic carbocycles. The second-order valence-corrected chi connectivity index (χ2v) is 6.82. The number of rotatable bonds is 2. The van der Waals surface area contributed by atoms with Crippen LogP contribution in [0, 0.1) is 5.82 Å². The third-order valence-electron chi connectivity index (χ3n) is 4.66. The highest BCUT2D eigenvalue weighted by atomic mass is 19.1. The van der Waals surface area contributed by atoms with Gasteiger partial charge in [-0.25, -0.2) is 4.39 Å². The van der Waals surface area contributed by atoms with Crippen LogP contribution in [0.5, 0.6) is 5.75 Å². The molecule has 1 N–H and O–H groups in total. The summed E-state index contributed by atoms with van der Waals surface area (Å²) in [7, 11) is 0. The maximum atomic E-state index is 13.2. The van der Waals surface area contributed by atoms with E-state index in [4.69, 9.17) is 9.47 Å². The van der Waals surface area contributed by atoms with Crippen molar-refractivity contribution in [3.8, 4) is 5.75 Å². The molecule has 0 aromatic heterocycles. The Morgan fingerprint density at radius 2 is 1.79 bits per heavy atom. The number of benzene rings is 2. The van der Waals surface area contributed by atoms with Gasteiger partial charge >= 0.3 is 0 Å². The van der Waals surface area contributed by atoms with E-state index in [0.29, 0.717) is 44.2 Å². The van der Waals surface area contributed by atoms with E-state index in [1.54, 1.807) is 6.07 Å². The van der Waals surface area contributed by atoms with Gasteiger partial charge in [0.25, 0.3) is 5.91 Å². The van der Waals surface area contributed by atoms with Gasteiger partial charge in [0.05, 0.1) is 12.2 Å². The lowest BCUT2D eigenvalue weighted by Gasteiger charge is -2.23. The molecule has 1 heterocycles. The average Bonchev–Trinajstić information content (AvgIpc) is 2.71. The minimum atomic E-state index is -0.226. The molecule has 3 rings (SSSR count). The van der Waals surface area contributed by atoms with E-state index in [9.17, 15) is 9.18 Å². The Morgan fingerprint density at radius 1 is 0.964 bits per heavy atom. The van der Waals surface area contributed by atoms with E-state index >= 15 is 0 Å². The van der Waals surface area contributed by atoms with Gasteiger partial charge in [0, 0.05) is 26.2 Å². The Hall–Kier alpha value is -2.44. The molecule has 0 fully saturated rings. The fourth-order valence-corrected chi connectivity index (χ4v) is 3.16. The van der Waals surface area contributed by atoms with Gasteiger partial charge in [-0.2, -0.15) is 0 Å². The predicted molar refractivity (Wildman–Crippen MR) is 106 cm³/mol. The number of nitrogens with one attached hydrogen (secondary N) is 1. The fourth-order valence-electron chi connectivity index (χ4n) is 3.16. The maximum absolute atomic E-state index is 13.2. The highest BCUT2D eigenvalue weighted by molar-refractivity contribution is 5.96. The summed E-state index contributed by atoms with van der Waals surface area (Å²) in [5.41, 5.74) is 1.60. The standard InChI is InChI=1S/C22H27FN2O3/c23-19-9-7-18(8-10-19)17-25-12-3-4-14-27-15-11-24-22(26)20-5-1-2-6-21(20)28-16-13-25/h1-2,5-10H,3-4,11-17H2,(H,24,26). The number of nitrogens with zero attached hydrogens (tertiary/aromatic N) is 1. The second kappa shape index (κ2) is 10.8. The zero-order valence-electron chi connectivity index (χ0n) is 16.0. The highest BCUT2D eigenvalue weighted by Gasteiger charge is 2.13. The summed E-state index contributed by atoms with van der Waals surface area (Å²) < 4.78 is 24.7. The Labute approximate surface area is 165 Å². The van der Waals surface area contributed by atoms with E-state index in [0.717, 1.165) is 31.5 Å². The molecular formula is C22H27FN2O3. The number of ether oxygens (including phenoxy) is 2. The molecule has 0 bridgehead atoms. The average molecular weight is 386 g/mol. The Kier molecular flexibility index (Phi) is 7.82. The lowest BCUT2D eigenvalue weighted by molar-refractivity contribution is 0.0909. The Morgan fingerprint density at radius 3 is 2.64 bits per heavy atom. The molecule has 6 heteroatoms. The third kappa shape index (κ3) is 6.32. The summed E-state index contributed by atoms with van der Waals surface area (Å²) in [6.07, 6.45) is 1.96. The minimum Gasteiger partial charge on any atom is -0.491 e. The first-order valence-electron chi connectivity index (χ1n) is 9.77. The zero-order chi connectivity index (χ0) is 19.6. The molecule has 28 heavy (non-hydrogen) atoms. The summed E-state index contributed by atoms with van der Waals surface area (Å²) >= 11 is 0. The van der Waals surface area contributed by atoms with Crippen molar-refractivity contribution in [1.29, 1.82) is 0 Å². The number of halogens is 1. The number of fused-ring (bicyclic) bond motifs is 1. The van der Waals surface area contributed by atoms with Gasteiger partial charge in [0.1, 0.15) is 18.2 Å². The lowest BCUT2D eigenvalue weighted by Crippen LogP contribution is -2.30. The summed E-state index contributed by atoms with van der Waals surface area (Å²) in [6.45, 7) is 4.47. The van der Waals surface area contributed by atoms with Crippen molar-refractivity contribution in [3.63, 3.8) is 0 Å². The van der Waals surface area contributed by atoms with Crippen molar-refractivity contribution >= 4 is 5.91 Å². The highest BCUT2D eigenvalue weighted by Crippen LogP contribution is 2.18. The van der Waals surface area contributed by atoms with E-state index < -0.39 is 0 Å². The number of amides is 1. The molecule has 0 spiro atoms. The molecule has 0 radical (unpaired) electrons. The van der Waals surface area contributed by atoms with Gasteiger partial charge in [-0.1, -0.05) is 24.3 Å². The third-order valence-corrected chi connectivity index (χ3v) is 4.66. The topological polar surface area (TPSA) is 50.8 Å². The molecule has 0 saturated heterocycles. The van der Waals surface area contributed by atoms with Crippen LogP contribution in [0.4, 0.5) is 4.39 Å². The van der Waals surface area contributed by atoms with Crippen LogP contribution in [0.15, 0.2) is 48.5 Å². The smallest absolute Gasteiger partial charge is 0.255 e. The summed E-state index contributed by atoms with van der Waals surface area (Å²) in [6, 6.07) is 13.9. The van der Waals surface area contributed by atoms with Crippen LogP contribution in [0.3, 0.4) is 0 Å². The predicted octanol–water partition coefficient (Wildman–Crippen LogP) is 3.25. The molecule has 5 nitrogen and oxygen atoms in total. The molecule has 1 aliphatic heterocycles. The van der Waals surface area contributed by atoms with Gasteiger partial charge in [0.15, 0.2) is 0 Å². The summed E-state index contributed by atoms with van der Waals surface area (Å²) in [4.78, 5) is 14.7. The first kappa shape index (κ1) is 20.3. The van der Waals surface area contributed by atoms with E-state index in [2.05, 4.69) is 10.2 Å². The van der Waals surface area contributed by atoms with Crippen molar-refractivity contribution in [3.05, 3.63) is 65.5 Å². The fraction of sp³-hybridized carbons (Fsp3) is 0.409. The maximum Gasteiger partial charge on any atom is 0.255 e. The SMILES string of the molecule is O=C1NCCOCCCCN(Cc2ccc(F)cc2)CCOc2ccccc21. The normalized spacial score (nSPS) is 17.5. The van der Waals surface area contributed by atoms with Crippen LogP contribution >= 0.6 is 0 Å². The number of hydrogen-bond donors (Lipinski definition) is 1. The van der Waals surface area contributed by atoms with Crippen molar-refractivity contribution in [1.82, 2.24) is 10.2 Å². The molecule has 1 aliphatic rings. The zero-order valence-corrected chi connectivity index (χ0v) is 16.0. The Bertz CT molecular complexity index is 752. The van der Waals surface area contributed by atoms with Crippen molar-refractivity contribution in [2.75, 3.05) is 39.5 Å². The molecule has 2 aromatic rings. The lowest BCUT2D eigenvalue weighted by atomic mass is 10.2. The number of hydrogen-bond acceptors (Lipinski definition) is 4. The van der Waals surface area contributed by atoms with Crippen LogP contribution in [0.25, 0.3) is 0 Å². The largest absolute Gasteiger partial charge is 0.491 e. The van der Waals surface area contributed by atoms with Crippen molar-refractivity contribution in [2.45, 2.75) is 19.4 Å². The number of carbonyl (C=O) groups excluding carboxylic acids is 1. The van der Waals surface area contributed by atoms with Crippen LogP contribution in [-0.2, 0) is 11.3 Å². The summed E-state index contributed by atoms with van der Waals surface area (Å²) in [5.74, 6) is 0.200. The van der Waals surface area contributed by atoms with Crippen LogP contribution in [-0.4, -0.2) is 50.3 Å². The first-order valence-corrected chi connectivity index (χ1v) is 9.77. The molecule has 0 saturated carbocycles. The van der Waals surface area contributed by atoms with Gasteiger partial charge in [-0.15, -0.1) is 0 Å². The van der Waals surface area contributed by atoms with Gasteiger partial charge < -0.3 is 14.8 Å².